The Kier molecular flexibility index (Phi) is 6.66. The number of amides is 1. The van der Waals surface area contributed by atoms with Gasteiger partial charge in [-0.3, -0.25) is 9.36 Å². The monoisotopic (exact) mass is 436 g/mol. The minimum absolute atomic E-state index is 0.0266. The summed E-state index contributed by atoms with van der Waals surface area (Å²) >= 11 is 1.25. The van der Waals surface area contributed by atoms with Crippen LogP contribution in [0.5, 0.6) is 5.75 Å². The highest BCUT2D eigenvalue weighted by Gasteiger charge is 2.31. The summed E-state index contributed by atoms with van der Waals surface area (Å²) < 4.78 is 45.9. The molecule has 30 heavy (non-hydrogen) atoms. The number of hydrogen-bond donors (Lipinski definition) is 1. The Hall–Kier alpha value is -3.01. The first-order valence-electron chi connectivity index (χ1n) is 8.87. The van der Waals surface area contributed by atoms with Gasteiger partial charge < -0.3 is 10.1 Å². The Balaban J connectivity index is 1.76. The van der Waals surface area contributed by atoms with Gasteiger partial charge in [-0.05, 0) is 42.2 Å². The number of halogens is 3. The summed E-state index contributed by atoms with van der Waals surface area (Å²) in [6.07, 6.45) is -2.56. The summed E-state index contributed by atoms with van der Waals surface area (Å²) in [5.41, 5.74) is 0.311. The van der Waals surface area contributed by atoms with Crippen LogP contribution in [0.3, 0.4) is 0 Å². The second kappa shape index (κ2) is 9.21. The number of methoxy groups -OCH3 is 1. The lowest BCUT2D eigenvalue weighted by atomic mass is 10.1. The number of aromatic nitrogens is 3. The van der Waals surface area contributed by atoms with E-state index in [1.165, 1.54) is 22.4 Å². The zero-order valence-corrected chi connectivity index (χ0v) is 17.0. The summed E-state index contributed by atoms with van der Waals surface area (Å²) in [5.74, 6) is 0.782. The van der Waals surface area contributed by atoms with Gasteiger partial charge in [0.2, 0.25) is 5.91 Å². The Morgan fingerprint density at radius 2 is 1.90 bits per heavy atom. The fourth-order valence-corrected chi connectivity index (χ4v) is 3.31. The van der Waals surface area contributed by atoms with Gasteiger partial charge in [-0.25, -0.2) is 0 Å². The van der Waals surface area contributed by atoms with Crippen LogP contribution < -0.4 is 10.1 Å². The van der Waals surface area contributed by atoms with Gasteiger partial charge in [-0.1, -0.05) is 30.0 Å². The minimum atomic E-state index is -4.46. The van der Waals surface area contributed by atoms with Crippen molar-refractivity contribution in [1.82, 2.24) is 20.1 Å². The molecule has 3 rings (SSSR count). The van der Waals surface area contributed by atoms with Crippen molar-refractivity contribution in [2.75, 3.05) is 13.4 Å². The molecule has 1 heterocycles. The van der Waals surface area contributed by atoms with Gasteiger partial charge in [0, 0.05) is 0 Å². The van der Waals surface area contributed by atoms with Gasteiger partial charge in [0.1, 0.15) is 5.75 Å². The molecule has 10 heteroatoms. The van der Waals surface area contributed by atoms with E-state index in [0.717, 1.165) is 17.7 Å². The number of nitrogens with zero attached hydrogens (tertiary/aromatic N) is 3. The molecule has 3 aromatic rings. The largest absolute Gasteiger partial charge is 0.497 e. The molecular formula is C20H19F3N4O2S. The summed E-state index contributed by atoms with van der Waals surface area (Å²) in [6.45, 7) is 0.0266. The maximum absolute atomic E-state index is 13.1. The molecule has 0 fully saturated rings. The standard InChI is InChI=1S/C20H19F3N4O2S/c1-29-16-8-6-13(7-9-16)10-18(28)24-12-17-25-26-19(30-2)27(17)15-5-3-4-14(11-15)20(21,22)23/h3-9,11H,10,12H2,1-2H3,(H,24,28). The highest BCUT2D eigenvalue weighted by Crippen LogP contribution is 2.31. The van der Waals surface area contributed by atoms with Crippen LogP contribution in [0.25, 0.3) is 5.69 Å². The molecule has 0 saturated carbocycles. The SMILES string of the molecule is COc1ccc(CC(=O)NCc2nnc(SC)n2-c2cccc(C(F)(F)F)c2)cc1. The van der Waals surface area contributed by atoms with Crippen LogP contribution in [0, 0.1) is 0 Å². The number of thioether (sulfide) groups is 1. The van der Waals surface area contributed by atoms with Gasteiger partial charge in [0.05, 0.1) is 31.3 Å². The number of nitrogens with one attached hydrogen (secondary N) is 1. The lowest BCUT2D eigenvalue weighted by Gasteiger charge is -2.13. The van der Waals surface area contributed by atoms with Crippen LogP contribution in [0.15, 0.2) is 53.7 Å². The quantitative estimate of drug-likeness (QED) is 0.570. The number of carbonyl (C=O) groups excluding carboxylic acids is 1. The van der Waals surface area contributed by atoms with E-state index >= 15 is 0 Å². The number of ether oxygens (including phenoxy) is 1. The van der Waals surface area contributed by atoms with Gasteiger partial charge in [-0.15, -0.1) is 10.2 Å². The first-order chi connectivity index (χ1) is 14.3. The van der Waals surface area contributed by atoms with Gasteiger partial charge >= 0.3 is 6.18 Å². The lowest BCUT2D eigenvalue weighted by Crippen LogP contribution is -2.26. The van der Waals surface area contributed by atoms with Crippen molar-refractivity contribution in [3.8, 4) is 11.4 Å². The molecule has 2 aromatic carbocycles. The molecule has 0 aliphatic carbocycles. The summed E-state index contributed by atoms with van der Waals surface area (Å²) in [6, 6.07) is 12.0. The molecule has 0 atom stereocenters. The average molecular weight is 436 g/mol. The third-order valence-electron chi connectivity index (χ3n) is 4.28. The number of benzene rings is 2. The maximum atomic E-state index is 13.1. The smallest absolute Gasteiger partial charge is 0.416 e. The molecule has 0 aliphatic rings. The first kappa shape index (κ1) is 21.7. The van der Waals surface area contributed by atoms with Crippen LogP contribution in [-0.2, 0) is 23.9 Å². The van der Waals surface area contributed by atoms with E-state index in [9.17, 15) is 18.0 Å². The van der Waals surface area contributed by atoms with Crippen molar-refractivity contribution in [3.05, 3.63) is 65.5 Å². The Morgan fingerprint density at radius 3 is 2.53 bits per heavy atom. The number of alkyl halides is 3. The van der Waals surface area contributed by atoms with Gasteiger partial charge in [0.15, 0.2) is 11.0 Å². The van der Waals surface area contributed by atoms with Crippen molar-refractivity contribution in [3.63, 3.8) is 0 Å². The van der Waals surface area contributed by atoms with Crippen LogP contribution in [0.4, 0.5) is 13.2 Å². The zero-order chi connectivity index (χ0) is 21.7. The molecule has 0 spiro atoms. The van der Waals surface area contributed by atoms with Crippen molar-refractivity contribution in [2.24, 2.45) is 0 Å². The molecule has 1 aromatic heterocycles. The molecule has 6 nitrogen and oxygen atoms in total. The van der Waals surface area contributed by atoms with Crippen LogP contribution in [0.1, 0.15) is 17.0 Å². The topological polar surface area (TPSA) is 69.0 Å². The van der Waals surface area contributed by atoms with Crippen molar-refractivity contribution in [1.29, 1.82) is 0 Å². The molecule has 0 aliphatic heterocycles. The summed E-state index contributed by atoms with van der Waals surface area (Å²) in [4.78, 5) is 12.3. The fourth-order valence-electron chi connectivity index (χ4n) is 2.80. The third kappa shape index (κ3) is 5.12. The van der Waals surface area contributed by atoms with Crippen LogP contribution in [-0.4, -0.2) is 34.0 Å². The third-order valence-corrected chi connectivity index (χ3v) is 4.91. The van der Waals surface area contributed by atoms with E-state index in [2.05, 4.69) is 15.5 Å². The molecule has 158 valence electrons. The fraction of sp³-hybridized carbons (Fsp3) is 0.250. The van der Waals surface area contributed by atoms with E-state index in [1.807, 2.05) is 0 Å². The second-order valence-electron chi connectivity index (χ2n) is 6.29. The second-order valence-corrected chi connectivity index (χ2v) is 7.06. The lowest BCUT2D eigenvalue weighted by molar-refractivity contribution is -0.137. The van der Waals surface area contributed by atoms with Crippen molar-refractivity contribution in [2.45, 2.75) is 24.3 Å². The molecule has 0 unspecified atom stereocenters. The van der Waals surface area contributed by atoms with E-state index in [1.54, 1.807) is 43.7 Å². The molecule has 1 amide bonds. The molecule has 1 N–H and O–H groups in total. The van der Waals surface area contributed by atoms with Crippen LogP contribution >= 0.6 is 11.8 Å². The minimum Gasteiger partial charge on any atom is -0.497 e. The van der Waals surface area contributed by atoms with E-state index < -0.39 is 11.7 Å². The number of rotatable bonds is 7. The normalized spacial score (nSPS) is 11.4. The zero-order valence-electron chi connectivity index (χ0n) is 16.2. The number of hydrogen-bond acceptors (Lipinski definition) is 5. The van der Waals surface area contributed by atoms with E-state index in [4.69, 9.17) is 4.74 Å². The molecular weight excluding hydrogens is 417 g/mol. The molecule has 0 bridgehead atoms. The van der Waals surface area contributed by atoms with E-state index in [-0.39, 0.29) is 24.6 Å². The predicted octanol–water partition coefficient (Wildman–Crippen LogP) is 3.88. The summed E-state index contributed by atoms with van der Waals surface area (Å²) in [5, 5.41) is 11.2. The Morgan fingerprint density at radius 1 is 1.17 bits per heavy atom. The van der Waals surface area contributed by atoms with Crippen molar-refractivity contribution >= 4 is 17.7 Å². The van der Waals surface area contributed by atoms with Gasteiger partial charge in [0.25, 0.3) is 0 Å². The predicted molar refractivity (Wildman–Crippen MR) is 107 cm³/mol. The van der Waals surface area contributed by atoms with Crippen LogP contribution in [0.2, 0.25) is 0 Å². The Bertz CT molecular complexity index is 1020. The highest BCUT2D eigenvalue weighted by atomic mass is 32.2. The molecule has 0 radical (unpaired) electrons. The maximum Gasteiger partial charge on any atom is 0.416 e. The molecule has 0 saturated heterocycles. The number of carbonyl (C=O) groups is 1. The summed E-state index contributed by atoms with van der Waals surface area (Å²) in [7, 11) is 1.56. The first-order valence-corrected chi connectivity index (χ1v) is 10.1. The average Bonchev–Trinajstić information content (AvgIpc) is 3.15. The van der Waals surface area contributed by atoms with Gasteiger partial charge in [-0.2, -0.15) is 13.2 Å². The van der Waals surface area contributed by atoms with Crippen molar-refractivity contribution < 1.29 is 22.7 Å². The van der Waals surface area contributed by atoms with E-state index in [0.29, 0.717) is 16.7 Å². The Labute approximate surface area is 175 Å². The highest BCUT2D eigenvalue weighted by molar-refractivity contribution is 7.98.